The molecular weight excluding hydrogens is 416 g/mol. The molecule has 0 unspecified atom stereocenters. The first-order valence-corrected chi connectivity index (χ1v) is 9.59. The first-order chi connectivity index (χ1) is 15.4. The largest absolute Gasteiger partial charge is 0.494 e. The molecule has 0 saturated heterocycles. The molecule has 32 heavy (non-hydrogen) atoms. The van der Waals surface area contributed by atoms with E-state index in [0.717, 1.165) is 16.2 Å². The molecule has 0 aliphatic rings. The highest BCUT2D eigenvalue weighted by molar-refractivity contribution is 6.08. The Morgan fingerprint density at radius 3 is 2.62 bits per heavy atom. The van der Waals surface area contributed by atoms with E-state index >= 15 is 0 Å². The van der Waals surface area contributed by atoms with Crippen LogP contribution in [0.1, 0.15) is 16.1 Å². The van der Waals surface area contributed by atoms with Gasteiger partial charge in [0.1, 0.15) is 11.3 Å². The number of rotatable bonds is 6. The lowest BCUT2D eigenvalue weighted by Gasteiger charge is -2.10. The van der Waals surface area contributed by atoms with Crippen molar-refractivity contribution in [1.29, 1.82) is 0 Å². The van der Waals surface area contributed by atoms with Gasteiger partial charge in [0.25, 0.3) is 11.6 Å². The van der Waals surface area contributed by atoms with E-state index in [1.54, 1.807) is 6.92 Å². The summed E-state index contributed by atoms with van der Waals surface area (Å²) >= 11 is 0. The Morgan fingerprint density at radius 1 is 1.09 bits per heavy atom. The maximum atomic E-state index is 12.6. The number of carbonyl (C=O) groups excluding carboxylic acids is 2. The molecule has 9 nitrogen and oxygen atoms in total. The van der Waals surface area contributed by atoms with Crippen molar-refractivity contribution in [3.63, 3.8) is 0 Å². The number of esters is 1. The zero-order valence-corrected chi connectivity index (χ0v) is 17.2. The van der Waals surface area contributed by atoms with Crippen LogP contribution in [0.2, 0.25) is 0 Å². The molecule has 0 saturated carbocycles. The predicted molar refractivity (Wildman–Crippen MR) is 117 cm³/mol. The lowest BCUT2D eigenvalue weighted by molar-refractivity contribution is -0.384. The lowest BCUT2D eigenvalue weighted by atomic mass is 10.1. The van der Waals surface area contributed by atoms with Gasteiger partial charge >= 0.3 is 5.97 Å². The van der Waals surface area contributed by atoms with Crippen molar-refractivity contribution in [2.45, 2.75) is 6.92 Å². The molecule has 1 N–H and O–H groups in total. The predicted octanol–water partition coefficient (Wildman–Crippen LogP) is 4.61. The fraction of sp³-hybridized carbons (Fsp3) is 0.130. The molecule has 162 valence electrons. The third kappa shape index (κ3) is 3.83. The summed E-state index contributed by atoms with van der Waals surface area (Å²) in [7, 11) is 1.32. The summed E-state index contributed by atoms with van der Waals surface area (Å²) in [5, 5.41) is 16.0. The van der Waals surface area contributed by atoms with Gasteiger partial charge in [-0.05, 0) is 18.4 Å². The maximum absolute atomic E-state index is 12.6. The van der Waals surface area contributed by atoms with Gasteiger partial charge in [0.15, 0.2) is 6.61 Å². The number of furan rings is 1. The van der Waals surface area contributed by atoms with E-state index < -0.39 is 23.4 Å². The topological polar surface area (TPSA) is 121 Å². The average molecular weight is 434 g/mol. The second kappa shape index (κ2) is 8.38. The summed E-state index contributed by atoms with van der Waals surface area (Å²) in [6, 6.07) is 15.2. The van der Waals surface area contributed by atoms with Crippen molar-refractivity contribution >= 4 is 45.0 Å². The van der Waals surface area contributed by atoms with Crippen molar-refractivity contribution in [2.24, 2.45) is 0 Å². The van der Waals surface area contributed by atoms with Crippen LogP contribution < -0.4 is 10.1 Å². The van der Waals surface area contributed by atoms with Crippen molar-refractivity contribution in [3.05, 3.63) is 76.0 Å². The summed E-state index contributed by atoms with van der Waals surface area (Å²) in [6.07, 6.45) is 0. The summed E-state index contributed by atoms with van der Waals surface area (Å²) in [5.41, 5.74) is 1.23. The van der Waals surface area contributed by atoms with Gasteiger partial charge in [-0.1, -0.05) is 36.4 Å². The maximum Gasteiger partial charge on any atom is 0.375 e. The number of aryl methyl sites for hydroxylation is 1. The van der Waals surface area contributed by atoms with Crippen LogP contribution in [0.4, 0.5) is 11.4 Å². The van der Waals surface area contributed by atoms with Crippen LogP contribution in [-0.4, -0.2) is 30.5 Å². The number of non-ortho nitro benzene ring substituents is 1. The summed E-state index contributed by atoms with van der Waals surface area (Å²) < 4.78 is 16.0. The van der Waals surface area contributed by atoms with Crippen LogP contribution in [0.3, 0.4) is 0 Å². The molecule has 0 bridgehead atoms. The molecule has 1 heterocycles. The molecule has 3 aromatic carbocycles. The van der Waals surface area contributed by atoms with Gasteiger partial charge in [0, 0.05) is 22.4 Å². The van der Waals surface area contributed by atoms with Gasteiger partial charge in [-0.25, -0.2) is 4.79 Å². The zero-order chi connectivity index (χ0) is 22.8. The number of carbonyl (C=O) groups is 2. The van der Waals surface area contributed by atoms with Gasteiger partial charge in [-0.2, -0.15) is 0 Å². The number of fused-ring (bicyclic) bond motifs is 3. The van der Waals surface area contributed by atoms with Crippen molar-refractivity contribution in [1.82, 2.24) is 0 Å². The molecule has 4 aromatic rings. The first kappa shape index (κ1) is 20.9. The van der Waals surface area contributed by atoms with E-state index in [4.69, 9.17) is 13.9 Å². The Morgan fingerprint density at radius 2 is 1.88 bits per heavy atom. The van der Waals surface area contributed by atoms with E-state index in [1.807, 2.05) is 36.4 Å². The SMILES string of the molecule is COc1cc([N+](=O)[O-])ccc1NC(=O)COC(=O)c1oc2c(ccc3ccccc32)c1C. The third-order valence-electron chi connectivity index (χ3n) is 5.02. The van der Waals surface area contributed by atoms with Gasteiger partial charge < -0.3 is 19.2 Å². The highest BCUT2D eigenvalue weighted by Crippen LogP contribution is 2.32. The Labute approximate surface area is 181 Å². The number of amides is 1. The average Bonchev–Trinajstić information content (AvgIpc) is 3.14. The van der Waals surface area contributed by atoms with Crippen molar-refractivity contribution in [3.8, 4) is 5.75 Å². The Hall–Kier alpha value is -4.40. The van der Waals surface area contributed by atoms with Crippen LogP contribution in [0.25, 0.3) is 21.7 Å². The van der Waals surface area contributed by atoms with Gasteiger partial charge in [-0.3, -0.25) is 14.9 Å². The number of nitrogens with one attached hydrogen (secondary N) is 1. The van der Waals surface area contributed by atoms with E-state index in [9.17, 15) is 19.7 Å². The van der Waals surface area contributed by atoms with Crippen molar-refractivity contribution in [2.75, 3.05) is 19.0 Å². The normalized spacial score (nSPS) is 10.8. The summed E-state index contributed by atoms with van der Waals surface area (Å²) in [4.78, 5) is 35.1. The number of benzene rings is 3. The second-order valence-electron chi connectivity index (χ2n) is 6.99. The number of ether oxygens (including phenoxy) is 2. The third-order valence-corrected chi connectivity index (χ3v) is 5.02. The molecule has 0 atom stereocenters. The van der Waals surface area contributed by atoms with E-state index in [1.165, 1.54) is 25.3 Å². The fourth-order valence-corrected chi connectivity index (χ4v) is 3.42. The number of hydrogen-bond acceptors (Lipinski definition) is 7. The molecule has 0 fully saturated rings. The number of anilines is 1. The van der Waals surface area contributed by atoms with Crippen LogP contribution >= 0.6 is 0 Å². The Balaban J connectivity index is 1.49. The zero-order valence-electron chi connectivity index (χ0n) is 17.2. The summed E-state index contributed by atoms with van der Waals surface area (Å²) in [5.74, 6) is -1.27. The monoisotopic (exact) mass is 434 g/mol. The number of methoxy groups -OCH3 is 1. The van der Waals surface area contributed by atoms with Gasteiger partial charge in [0.05, 0.1) is 23.8 Å². The number of nitrogens with zero attached hydrogens (tertiary/aromatic N) is 1. The number of hydrogen-bond donors (Lipinski definition) is 1. The molecule has 0 aliphatic heterocycles. The van der Waals surface area contributed by atoms with Crippen LogP contribution in [-0.2, 0) is 9.53 Å². The fourth-order valence-electron chi connectivity index (χ4n) is 3.42. The van der Waals surface area contributed by atoms with E-state index in [2.05, 4.69) is 5.32 Å². The first-order valence-electron chi connectivity index (χ1n) is 9.59. The smallest absolute Gasteiger partial charge is 0.375 e. The molecule has 4 rings (SSSR count). The van der Waals surface area contributed by atoms with Gasteiger partial charge in [0.2, 0.25) is 5.76 Å². The molecule has 0 aliphatic carbocycles. The van der Waals surface area contributed by atoms with Gasteiger partial charge in [-0.15, -0.1) is 0 Å². The standard InChI is InChI=1S/C23H18N2O7/c1-13-16-9-7-14-5-3-4-6-17(14)22(16)32-21(13)23(27)31-12-20(26)24-18-10-8-15(25(28)29)11-19(18)30-2/h3-11H,12H2,1-2H3,(H,24,26). The lowest BCUT2D eigenvalue weighted by Crippen LogP contribution is -2.21. The highest BCUT2D eigenvalue weighted by atomic mass is 16.6. The minimum absolute atomic E-state index is 0.0251. The van der Waals surface area contributed by atoms with Crippen molar-refractivity contribution < 1.29 is 28.4 Å². The molecule has 1 aromatic heterocycles. The Bertz CT molecular complexity index is 1370. The quantitative estimate of drug-likeness (QED) is 0.267. The Kier molecular flexibility index (Phi) is 5.46. The van der Waals surface area contributed by atoms with E-state index in [-0.39, 0.29) is 22.9 Å². The second-order valence-corrected chi connectivity index (χ2v) is 6.99. The molecule has 1 amide bonds. The molecule has 0 radical (unpaired) electrons. The molecule has 9 heteroatoms. The van der Waals surface area contributed by atoms with Crippen LogP contribution in [0.5, 0.6) is 5.75 Å². The highest BCUT2D eigenvalue weighted by Gasteiger charge is 2.21. The van der Waals surface area contributed by atoms with Crippen LogP contribution in [0, 0.1) is 17.0 Å². The minimum atomic E-state index is -0.770. The van der Waals surface area contributed by atoms with Crippen LogP contribution in [0.15, 0.2) is 59.0 Å². The minimum Gasteiger partial charge on any atom is -0.494 e. The number of nitro benzene ring substituents is 1. The van der Waals surface area contributed by atoms with E-state index in [0.29, 0.717) is 11.1 Å². The molecular formula is C23H18N2O7. The molecule has 0 spiro atoms. The number of nitro groups is 1. The summed E-state index contributed by atoms with van der Waals surface area (Å²) in [6.45, 7) is 1.18.